The van der Waals surface area contributed by atoms with Crippen LogP contribution in [0.2, 0.25) is 0 Å². The fourth-order valence-corrected chi connectivity index (χ4v) is 2.32. The number of anilines is 1. The molecule has 0 unspecified atom stereocenters. The lowest BCUT2D eigenvalue weighted by atomic mass is 10.2. The topological polar surface area (TPSA) is 69.6 Å². The monoisotopic (exact) mass is 267 g/mol. The fraction of sp³-hybridized carbons (Fsp3) is 0.267. The third-order valence-electron chi connectivity index (χ3n) is 3.32. The van der Waals surface area contributed by atoms with Gasteiger partial charge in [0.1, 0.15) is 0 Å². The molecule has 5 nitrogen and oxygen atoms in total. The summed E-state index contributed by atoms with van der Waals surface area (Å²) in [5, 5.41) is 9.21. The largest absolute Gasteiger partial charge is 0.381 e. The first-order valence-corrected chi connectivity index (χ1v) is 6.80. The van der Waals surface area contributed by atoms with Crippen LogP contribution in [-0.4, -0.2) is 20.0 Å². The molecule has 0 fully saturated rings. The summed E-state index contributed by atoms with van der Waals surface area (Å²) in [6, 6.07) is 12.2. The van der Waals surface area contributed by atoms with Crippen LogP contribution in [0.3, 0.4) is 0 Å². The van der Waals surface area contributed by atoms with Gasteiger partial charge in [-0.15, -0.1) is 5.10 Å². The molecule has 3 aromatic rings. The van der Waals surface area contributed by atoms with Crippen LogP contribution < -0.4 is 5.73 Å². The lowest BCUT2D eigenvalue weighted by Crippen LogP contribution is -2.08. The zero-order valence-corrected chi connectivity index (χ0v) is 11.5. The van der Waals surface area contributed by atoms with Gasteiger partial charge < -0.3 is 5.73 Å². The van der Waals surface area contributed by atoms with E-state index in [2.05, 4.69) is 34.4 Å². The zero-order chi connectivity index (χ0) is 13.9. The minimum atomic E-state index is 0.521. The number of nitrogen functional groups attached to an aromatic ring is 1. The molecule has 2 heterocycles. The number of aromatic nitrogens is 4. The van der Waals surface area contributed by atoms with Crippen molar-refractivity contribution in [1.29, 1.82) is 0 Å². The van der Waals surface area contributed by atoms with E-state index in [-0.39, 0.29) is 0 Å². The van der Waals surface area contributed by atoms with E-state index in [1.54, 1.807) is 0 Å². The average molecular weight is 267 g/mol. The van der Waals surface area contributed by atoms with E-state index in [0.717, 1.165) is 35.1 Å². The van der Waals surface area contributed by atoms with Crippen LogP contribution in [0, 0.1) is 0 Å². The first kappa shape index (κ1) is 12.6. The molecule has 0 bridgehead atoms. The second kappa shape index (κ2) is 5.28. The molecule has 0 aliphatic heterocycles. The van der Waals surface area contributed by atoms with Crippen molar-refractivity contribution in [2.24, 2.45) is 0 Å². The van der Waals surface area contributed by atoms with Gasteiger partial charge in [-0.3, -0.25) is 4.98 Å². The molecular weight excluding hydrogens is 250 g/mol. The molecule has 0 radical (unpaired) electrons. The molecule has 0 saturated heterocycles. The van der Waals surface area contributed by atoms with Gasteiger partial charge in [0.25, 0.3) is 0 Å². The highest BCUT2D eigenvalue weighted by Crippen LogP contribution is 2.15. The highest BCUT2D eigenvalue weighted by atomic mass is 15.4. The maximum Gasteiger partial charge on any atom is 0.169 e. The van der Waals surface area contributed by atoms with Crippen molar-refractivity contribution in [1.82, 2.24) is 20.0 Å². The number of hydrogen-bond acceptors (Lipinski definition) is 4. The molecule has 2 N–H and O–H groups in total. The summed E-state index contributed by atoms with van der Waals surface area (Å²) in [6.07, 6.45) is 1.90. The molecule has 102 valence electrons. The normalized spacial score (nSPS) is 11.1. The molecule has 0 amide bonds. The summed E-state index contributed by atoms with van der Waals surface area (Å²) in [5.74, 6) is 0.521. The maximum atomic E-state index is 5.86. The molecule has 0 aliphatic carbocycles. The van der Waals surface area contributed by atoms with Crippen LogP contribution >= 0.6 is 0 Å². The lowest BCUT2D eigenvalue weighted by Gasteiger charge is -2.06. The van der Waals surface area contributed by atoms with E-state index in [9.17, 15) is 0 Å². The molecule has 0 spiro atoms. The van der Waals surface area contributed by atoms with Crippen LogP contribution in [0.1, 0.15) is 24.7 Å². The van der Waals surface area contributed by atoms with Crippen LogP contribution in [0.15, 0.2) is 36.4 Å². The lowest BCUT2D eigenvalue weighted by molar-refractivity contribution is 0.606. The van der Waals surface area contributed by atoms with Gasteiger partial charge in [-0.2, -0.15) is 0 Å². The standard InChI is InChI=1S/C15H17N5/c1-2-5-14-15(16)18-19-20(14)10-12-9-8-11-6-3-4-7-13(11)17-12/h3-4,6-9H,2,5,10,16H2,1H3. The van der Waals surface area contributed by atoms with Gasteiger partial charge in [0.15, 0.2) is 5.82 Å². The Hall–Kier alpha value is -2.43. The van der Waals surface area contributed by atoms with Crippen molar-refractivity contribution < 1.29 is 0 Å². The Morgan fingerprint density at radius 2 is 2.00 bits per heavy atom. The van der Waals surface area contributed by atoms with Crippen molar-refractivity contribution in [2.75, 3.05) is 5.73 Å². The third-order valence-corrected chi connectivity index (χ3v) is 3.32. The van der Waals surface area contributed by atoms with Crippen molar-refractivity contribution >= 4 is 16.7 Å². The van der Waals surface area contributed by atoms with E-state index in [1.165, 1.54) is 0 Å². The van der Waals surface area contributed by atoms with Crippen LogP contribution in [-0.2, 0) is 13.0 Å². The van der Waals surface area contributed by atoms with Crippen LogP contribution in [0.4, 0.5) is 5.82 Å². The van der Waals surface area contributed by atoms with E-state index in [0.29, 0.717) is 12.4 Å². The van der Waals surface area contributed by atoms with Gasteiger partial charge in [0.2, 0.25) is 0 Å². The Morgan fingerprint density at radius 1 is 1.15 bits per heavy atom. The number of pyridine rings is 1. The second-order valence-electron chi connectivity index (χ2n) is 4.82. The Balaban J connectivity index is 1.93. The van der Waals surface area contributed by atoms with Crippen molar-refractivity contribution in [3.05, 3.63) is 47.8 Å². The van der Waals surface area contributed by atoms with Gasteiger partial charge in [-0.25, -0.2) is 4.68 Å². The van der Waals surface area contributed by atoms with Crippen LogP contribution in [0.5, 0.6) is 0 Å². The molecule has 20 heavy (non-hydrogen) atoms. The van der Waals surface area contributed by atoms with Gasteiger partial charge >= 0.3 is 0 Å². The Labute approximate surface area is 117 Å². The molecule has 3 rings (SSSR count). The maximum absolute atomic E-state index is 5.86. The highest BCUT2D eigenvalue weighted by Gasteiger charge is 2.10. The Kier molecular flexibility index (Phi) is 3.33. The first-order chi connectivity index (χ1) is 9.78. The highest BCUT2D eigenvalue weighted by molar-refractivity contribution is 5.78. The zero-order valence-electron chi connectivity index (χ0n) is 11.5. The van der Waals surface area contributed by atoms with Gasteiger partial charge in [0.05, 0.1) is 23.4 Å². The summed E-state index contributed by atoms with van der Waals surface area (Å²) in [6.45, 7) is 2.72. The predicted molar refractivity (Wildman–Crippen MR) is 79.3 cm³/mol. The molecule has 2 aromatic heterocycles. The van der Waals surface area contributed by atoms with Crippen molar-refractivity contribution in [3.8, 4) is 0 Å². The minimum absolute atomic E-state index is 0.521. The molecule has 5 heteroatoms. The summed E-state index contributed by atoms with van der Waals surface area (Å²) in [7, 11) is 0. The van der Waals surface area contributed by atoms with Crippen LogP contribution in [0.25, 0.3) is 10.9 Å². The van der Waals surface area contributed by atoms with Gasteiger partial charge in [-0.05, 0) is 18.6 Å². The minimum Gasteiger partial charge on any atom is -0.381 e. The average Bonchev–Trinajstić information content (AvgIpc) is 2.81. The van der Waals surface area contributed by atoms with E-state index in [1.807, 2.05) is 28.9 Å². The number of hydrogen-bond donors (Lipinski definition) is 1. The van der Waals surface area contributed by atoms with E-state index in [4.69, 9.17) is 5.73 Å². The summed E-state index contributed by atoms with van der Waals surface area (Å²) < 4.78 is 1.84. The fourth-order valence-electron chi connectivity index (χ4n) is 2.32. The Morgan fingerprint density at radius 3 is 2.85 bits per heavy atom. The predicted octanol–water partition coefficient (Wildman–Crippen LogP) is 2.41. The summed E-state index contributed by atoms with van der Waals surface area (Å²) in [4.78, 5) is 4.65. The quantitative estimate of drug-likeness (QED) is 0.788. The number of benzene rings is 1. The number of fused-ring (bicyclic) bond motifs is 1. The number of rotatable bonds is 4. The smallest absolute Gasteiger partial charge is 0.169 e. The molecule has 0 aliphatic rings. The second-order valence-corrected chi connectivity index (χ2v) is 4.82. The number of para-hydroxylation sites is 1. The Bertz CT molecular complexity index is 732. The molecule has 0 saturated carbocycles. The SMILES string of the molecule is CCCc1c(N)nnn1Cc1ccc2ccccc2n1. The third kappa shape index (κ3) is 2.34. The summed E-state index contributed by atoms with van der Waals surface area (Å²) in [5.41, 5.74) is 8.80. The number of nitrogens with two attached hydrogens (primary N) is 1. The molecular formula is C15H17N5. The van der Waals surface area contributed by atoms with Crippen molar-refractivity contribution in [3.63, 3.8) is 0 Å². The van der Waals surface area contributed by atoms with Crippen molar-refractivity contribution in [2.45, 2.75) is 26.3 Å². The number of nitrogens with zero attached hydrogens (tertiary/aromatic N) is 4. The van der Waals surface area contributed by atoms with Gasteiger partial charge in [0, 0.05) is 5.39 Å². The summed E-state index contributed by atoms with van der Waals surface area (Å²) >= 11 is 0. The van der Waals surface area contributed by atoms with E-state index >= 15 is 0 Å². The molecule has 1 aromatic carbocycles. The first-order valence-electron chi connectivity index (χ1n) is 6.80. The van der Waals surface area contributed by atoms with E-state index < -0.39 is 0 Å². The van der Waals surface area contributed by atoms with Gasteiger partial charge in [-0.1, -0.05) is 42.8 Å². The molecule has 0 atom stereocenters.